The zero-order valence-corrected chi connectivity index (χ0v) is 14.0. The molecule has 0 radical (unpaired) electrons. The van der Waals surface area contributed by atoms with E-state index in [9.17, 15) is 8.42 Å². The molecule has 20 heavy (non-hydrogen) atoms. The van der Waals surface area contributed by atoms with Crippen molar-refractivity contribution in [3.8, 4) is 0 Å². The summed E-state index contributed by atoms with van der Waals surface area (Å²) in [4.78, 5) is 0.193. The Labute approximate surface area is 129 Å². The number of nitrogens with one attached hydrogen (secondary N) is 1. The van der Waals surface area contributed by atoms with Gasteiger partial charge in [0.15, 0.2) is 0 Å². The van der Waals surface area contributed by atoms with E-state index in [-0.39, 0.29) is 4.90 Å². The molecule has 1 rings (SSSR count). The number of unbranched alkanes of at least 4 members (excludes halogenated alkanes) is 1. The smallest absolute Gasteiger partial charge is 0.241 e. The molecule has 0 aliphatic rings. The van der Waals surface area contributed by atoms with E-state index in [1.807, 2.05) is 0 Å². The van der Waals surface area contributed by atoms with E-state index in [0.29, 0.717) is 29.7 Å². The van der Waals surface area contributed by atoms with E-state index >= 15 is 0 Å². The standard InChI is InChI=1S/C13H21BrN2O3S/c1-2-3-8-19-9-4-7-16-20(17,18)13-6-5-11(15)10-12(13)14/h5-6,10,16H,2-4,7-9,15H2,1H3. The lowest BCUT2D eigenvalue weighted by Gasteiger charge is -2.09. The fourth-order valence-corrected chi connectivity index (χ4v) is 3.71. The second-order valence-corrected chi connectivity index (χ2v) is 7.00. The number of halogens is 1. The molecule has 1 aromatic carbocycles. The van der Waals surface area contributed by atoms with Crippen molar-refractivity contribution in [2.24, 2.45) is 0 Å². The third-order valence-electron chi connectivity index (χ3n) is 2.65. The van der Waals surface area contributed by atoms with E-state index in [2.05, 4.69) is 27.6 Å². The first kappa shape index (κ1) is 17.4. The van der Waals surface area contributed by atoms with Crippen LogP contribution in [0.2, 0.25) is 0 Å². The molecule has 0 bridgehead atoms. The SMILES string of the molecule is CCCCOCCCNS(=O)(=O)c1ccc(N)cc1Br. The molecule has 0 atom stereocenters. The fourth-order valence-electron chi connectivity index (χ4n) is 1.54. The van der Waals surface area contributed by atoms with Crippen LogP contribution in [0.5, 0.6) is 0 Å². The first-order chi connectivity index (χ1) is 9.47. The van der Waals surface area contributed by atoms with Crippen LogP contribution in [-0.2, 0) is 14.8 Å². The van der Waals surface area contributed by atoms with Gasteiger partial charge in [0.1, 0.15) is 0 Å². The van der Waals surface area contributed by atoms with E-state index in [4.69, 9.17) is 10.5 Å². The van der Waals surface area contributed by atoms with Crippen LogP contribution in [0.1, 0.15) is 26.2 Å². The predicted octanol–water partition coefficient (Wildman–Crippen LogP) is 2.52. The van der Waals surface area contributed by atoms with Gasteiger partial charge in [-0.1, -0.05) is 13.3 Å². The summed E-state index contributed by atoms with van der Waals surface area (Å²) >= 11 is 3.21. The van der Waals surface area contributed by atoms with Crippen LogP contribution in [0.3, 0.4) is 0 Å². The maximum atomic E-state index is 12.1. The topological polar surface area (TPSA) is 81.4 Å². The van der Waals surface area contributed by atoms with Gasteiger partial charge >= 0.3 is 0 Å². The summed E-state index contributed by atoms with van der Waals surface area (Å²) in [5.41, 5.74) is 6.10. The van der Waals surface area contributed by atoms with Crippen molar-refractivity contribution in [2.45, 2.75) is 31.1 Å². The van der Waals surface area contributed by atoms with E-state index in [1.54, 1.807) is 12.1 Å². The molecule has 0 amide bonds. The molecule has 114 valence electrons. The van der Waals surface area contributed by atoms with Crippen LogP contribution in [0.25, 0.3) is 0 Å². The first-order valence-corrected chi connectivity index (χ1v) is 8.87. The minimum atomic E-state index is -3.51. The summed E-state index contributed by atoms with van der Waals surface area (Å²) in [5.74, 6) is 0. The van der Waals surface area contributed by atoms with Gasteiger partial charge in [0, 0.05) is 29.9 Å². The first-order valence-electron chi connectivity index (χ1n) is 6.60. The number of benzene rings is 1. The molecule has 1 aromatic rings. The highest BCUT2D eigenvalue weighted by Gasteiger charge is 2.16. The maximum Gasteiger partial charge on any atom is 0.241 e. The zero-order valence-electron chi connectivity index (χ0n) is 11.6. The highest BCUT2D eigenvalue weighted by Crippen LogP contribution is 2.23. The minimum absolute atomic E-state index is 0.193. The number of anilines is 1. The summed E-state index contributed by atoms with van der Waals surface area (Å²) in [7, 11) is -3.51. The predicted molar refractivity (Wildman–Crippen MR) is 84.1 cm³/mol. The Hall–Kier alpha value is -0.630. The molecule has 3 N–H and O–H groups in total. The molecular formula is C13H21BrN2O3S. The van der Waals surface area contributed by atoms with Gasteiger partial charge in [-0.3, -0.25) is 0 Å². The van der Waals surface area contributed by atoms with Gasteiger partial charge in [0.25, 0.3) is 0 Å². The quantitative estimate of drug-likeness (QED) is 0.521. The highest BCUT2D eigenvalue weighted by atomic mass is 79.9. The number of nitrogens with two attached hydrogens (primary N) is 1. The molecule has 0 heterocycles. The highest BCUT2D eigenvalue weighted by molar-refractivity contribution is 9.10. The average Bonchev–Trinajstić information content (AvgIpc) is 2.37. The lowest BCUT2D eigenvalue weighted by Crippen LogP contribution is -2.26. The Balaban J connectivity index is 2.42. The Morgan fingerprint density at radius 3 is 2.65 bits per heavy atom. The van der Waals surface area contributed by atoms with Crippen LogP contribution >= 0.6 is 15.9 Å². The number of rotatable bonds is 9. The van der Waals surface area contributed by atoms with E-state index < -0.39 is 10.0 Å². The van der Waals surface area contributed by atoms with Gasteiger partial charge in [-0.05, 0) is 47.0 Å². The second-order valence-electron chi connectivity index (χ2n) is 4.41. The molecule has 0 aliphatic heterocycles. The Bertz CT molecular complexity index is 520. The fraction of sp³-hybridized carbons (Fsp3) is 0.538. The average molecular weight is 365 g/mol. The van der Waals surface area contributed by atoms with Crippen LogP contribution < -0.4 is 10.5 Å². The summed E-state index contributed by atoms with van der Waals surface area (Å²) in [5, 5.41) is 0. The van der Waals surface area contributed by atoms with Crippen molar-refractivity contribution in [3.05, 3.63) is 22.7 Å². The van der Waals surface area contributed by atoms with Gasteiger partial charge < -0.3 is 10.5 Å². The van der Waals surface area contributed by atoms with Gasteiger partial charge in [0.05, 0.1) is 4.90 Å². The Kier molecular flexibility index (Phi) is 7.50. The summed E-state index contributed by atoms with van der Waals surface area (Å²) in [6.07, 6.45) is 2.78. The number of ether oxygens (including phenoxy) is 1. The van der Waals surface area contributed by atoms with Crippen molar-refractivity contribution < 1.29 is 13.2 Å². The van der Waals surface area contributed by atoms with Crippen LogP contribution in [0.15, 0.2) is 27.6 Å². The van der Waals surface area contributed by atoms with Crippen LogP contribution in [-0.4, -0.2) is 28.2 Å². The van der Waals surface area contributed by atoms with Crippen LogP contribution in [0.4, 0.5) is 5.69 Å². The normalized spacial score (nSPS) is 11.7. The molecule has 0 fully saturated rings. The van der Waals surface area contributed by atoms with Crippen molar-refractivity contribution >= 4 is 31.6 Å². The molecule has 5 nitrogen and oxygen atoms in total. The van der Waals surface area contributed by atoms with Crippen molar-refractivity contribution in [3.63, 3.8) is 0 Å². The van der Waals surface area contributed by atoms with Crippen molar-refractivity contribution in [1.29, 1.82) is 0 Å². The third kappa shape index (κ3) is 5.78. The molecule has 0 spiro atoms. The summed E-state index contributed by atoms with van der Waals surface area (Å²) < 4.78 is 32.5. The lowest BCUT2D eigenvalue weighted by atomic mass is 10.3. The largest absolute Gasteiger partial charge is 0.399 e. The molecule has 0 aliphatic carbocycles. The monoisotopic (exact) mass is 364 g/mol. The van der Waals surface area contributed by atoms with Crippen LogP contribution in [0, 0.1) is 0 Å². The Morgan fingerprint density at radius 2 is 2.00 bits per heavy atom. The number of hydrogen-bond donors (Lipinski definition) is 2. The number of hydrogen-bond acceptors (Lipinski definition) is 4. The summed E-state index contributed by atoms with van der Waals surface area (Å²) in [6.45, 7) is 3.74. The molecule has 0 aromatic heterocycles. The zero-order chi connectivity index (χ0) is 15.0. The van der Waals surface area contributed by atoms with Crippen molar-refractivity contribution in [2.75, 3.05) is 25.5 Å². The van der Waals surface area contributed by atoms with Gasteiger partial charge in [-0.25, -0.2) is 13.1 Å². The maximum absolute atomic E-state index is 12.1. The summed E-state index contributed by atoms with van der Waals surface area (Å²) in [6, 6.07) is 4.62. The third-order valence-corrected chi connectivity index (χ3v) is 5.08. The van der Waals surface area contributed by atoms with E-state index in [0.717, 1.165) is 19.4 Å². The number of nitrogen functional groups attached to an aromatic ring is 1. The molecule has 0 saturated heterocycles. The number of sulfonamides is 1. The molecular weight excluding hydrogens is 344 g/mol. The molecule has 0 saturated carbocycles. The second kappa shape index (κ2) is 8.61. The van der Waals surface area contributed by atoms with Gasteiger partial charge in [-0.15, -0.1) is 0 Å². The van der Waals surface area contributed by atoms with E-state index in [1.165, 1.54) is 6.07 Å². The van der Waals surface area contributed by atoms with Crippen molar-refractivity contribution in [1.82, 2.24) is 4.72 Å². The lowest BCUT2D eigenvalue weighted by molar-refractivity contribution is 0.130. The van der Waals surface area contributed by atoms with Gasteiger partial charge in [0.2, 0.25) is 10.0 Å². The van der Waals surface area contributed by atoms with Gasteiger partial charge in [-0.2, -0.15) is 0 Å². The minimum Gasteiger partial charge on any atom is -0.399 e. The Morgan fingerprint density at radius 1 is 1.30 bits per heavy atom. The molecule has 0 unspecified atom stereocenters. The molecule has 7 heteroatoms.